The first kappa shape index (κ1) is 14.4. The Hall–Kier alpha value is -2.00. The fourth-order valence-electron chi connectivity index (χ4n) is 2.12. The second-order valence-electron chi connectivity index (χ2n) is 4.51. The van der Waals surface area contributed by atoms with Crippen LogP contribution in [0.5, 0.6) is 0 Å². The molecule has 1 unspecified atom stereocenters. The molecular weight excluding hydrogens is 274 g/mol. The predicted molar refractivity (Wildman–Crippen MR) is 81.5 cm³/mol. The number of rotatable bonds is 5. The summed E-state index contributed by atoms with van der Waals surface area (Å²) in [6.07, 6.45) is 0.843. The number of carbonyl (C=O) groups is 1. The lowest BCUT2D eigenvalue weighted by atomic mass is 10.0. The van der Waals surface area contributed by atoms with Crippen LogP contribution in [0.15, 0.2) is 48.5 Å². The first-order valence-electron chi connectivity index (χ1n) is 6.46. The highest BCUT2D eigenvalue weighted by Gasteiger charge is 2.15. The average molecular weight is 290 g/mol. The lowest BCUT2D eigenvalue weighted by molar-refractivity contribution is 0.0698. The van der Waals surface area contributed by atoms with E-state index in [1.807, 2.05) is 30.3 Å². The molecule has 0 aliphatic carbocycles. The molecule has 0 saturated carbocycles. The van der Waals surface area contributed by atoms with Gasteiger partial charge in [-0.15, -0.1) is 0 Å². The quantitative estimate of drug-likeness (QED) is 0.845. The molecule has 0 saturated heterocycles. The number of aromatic carboxylic acids is 1. The smallest absolute Gasteiger partial charge is 0.337 e. The van der Waals surface area contributed by atoms with Gasteiger partial charge in [0.1, 0.15) is 0 Å². The average Bonchev–Trinajstić information content (AvgIpc) is 2.45. The maximum atomic E-state index is 11.3. The van der Waals surface area contributed by atoms with Crippen LogP contribution in [-0.4, -0.2) is 11.1 Å². The Balaban J connectivity index is 2.32. The zero-order chi connectivity index (χ0) is 14.5. The van der Waals surface area contributed by atoms with Gasteiger partial charge in [-0.1, -0.05) is 48.9 Å². The molecule has 2 aromatic carbocycles. The number of carboxylic acids is 1. The van der Waals surface area contributed by atoms with Crippen molar-refractivity contribution < 1.29 is 9.90 Å². The monoisotopic (exact) mass is 289 g/mol. The summed E-state index contributed by atoms with van der Waals surface area (Å²) in [6, 6.07) is 14.7. The third kappa shape index (κ3) is 3.31. The van der Waals surface area contributed by atoms with Gasteiger partial charge in [0.2, 0.25) is 0 Å². The van der Waals surface area contributed by atoms with E-state index in [0.717, 1.165) is 12.0 Å². The minimum absolute atomic E-state index is 0.0489. The first-order chi connectivity index (χ1) is 9.61. The normalized spacial score (nSPS) is 11.9. The van der Waals surface area contributed by atoms with Crippen LogP contribution in [-0.2, 0) is 0 Å². The van der Waals surface area contributed by atoms with Crippen molar-refractivity contribution >= 4 is 23.3 Å². The van der Waals surface area contributed by atoms with Gasteiger partial charge in [0.15, 0.2) is 0 Å². The van der Waals surface area contributed by atoms with Crippen LogP contribution in [0.3, 0.4) is 0 Å². The van der Waals surface area contributed by atoms with E-state index < -0.39 is 5.97 Å². The molecule has 0 fully saturated rings. The highest BCUT2D eigenvalue weighted by atomic mass is 35.5. The Labute approximate surface area is 123 Å². The second-order valence-corrected chi connectivity index (χ2v) is 4.95. The van der Waals surface area contributed by atoms with Crippen LogP contribution in [0.4, 0.5) is 5.69 Å². The number of nitrogens with one attached hydrogen (secondary N) is 1. The van der Waals surface area contributed by atoms with E-state index in [-0.39, 0.29) is 11.6 Å². The maximum Gasteiger partial charge on any atom is 0.337 e. The van der Waals surface area contributed by atoms with Gasteiger partial charge in [-0.25, -0.2) is 4.79 Å². The third-order valence-corrected chi connectivity index (χ3v) is 3.39. The third-order valence-electron chi connectivity index (χ3n) is 3.15. The number of halogens is 1. The van der Waals surface area contributed by atoms with Crippen molar-refractivity contribution in [3.8, 4) is 0 Å². The summed E-state index contributed by atoms with van der Waals surface area (Å²) >= 11 is 5.96. The van der Waals surface area contributed by atoms with Gasteiger partial charge in [-0.05, 0) is 30.2 Å². The first-order valence-corrected chi connectivity index (χ1v) is 6.84. The number of benzene rings is 2. The van der Waals surface area contributed by atoms with Crippen molar-refractivity contribution in [1.82, 2.24) is 0 Å². The molecule has 0 aliphatic rings. The Morgan fingerprint density at radius 2 is 1.95 bits per heavy atom. The molecular formula is C16H16ClNO2. The maximum absolute atomic E-state index is 11.3. The van der Waals surface area contributed by atoms with Crippen LogP contribution in [0.1, 0.15) is 35.3 Å². The summed E-state index contributed by atoms with van der Waals surface area (Å²) in [6.45, 7) is 2.05. The van der Waals surface area contributed by atoms with Crippen molar-refractivity contribution in [3.63, 3.8) is 0 Å². The van der Waals surface area contributed by atoms with Crippen LogP contribution in [0.2, 0.25) is 5.02 Å². The number of hydrogen-bond donors (Lipinski definition) is 2. The van der Waals surface area contributed by atoms with Gasteiger partial charge in [-0.2, -0.15) is 0 Å². The highest BCUT2D eigenvalue weighted by molar-refractivity contribution is 6.31. The number of anilines is 1. The zero-order valence-electron chi connectivity index (χ0n) is 11.1. The van der Waals surface area contributed by atoms with Gasteiger partial charge < -0.3 is 10.4 Å². The fourth-order valence-corrected chi connectivity index (χ4v) is 2.29. The van der Waals surface area contributed by atoms with Gasteiger partial charge >= 0.3 is 5.97 Å². The SMILES string of the molecule is CCC(Nc1cc(Cl)ccc1C(=O)O)c1ccccc1. The molecule has 0 radical (unpaired) electrons. The molecule has 0 amide bonds. The molecule has 2 rings (SSSR count). The van der Waals surface area contributed by atoms with E-state index in [2.05, 4.69) is 12.2 Å². The lowest BCUT2D eigenvalue weighted by Crippen LogP contribution is -2.12. The standard InChI is InChI=1S/C16H16ClNO2/c1-2-14(11-6-4-3-5-7-11)18-15-10-12(17)8-9-13(15)16(19)20/h3-10,14,18H,2H2,1H3,(H,19,20). The van der Waals surface area contributed by atoms with Crippen molar-refractivity contribution in [1.29, 1.82) is 0 Å². The molecule has 2 N–H and O–H groups in total. The van der Waals surface area contributed by atoms with Gasteiger partial charge in [0.05, 0.1) is 17.3 Å². The zero-order valence-corrected chi connectivity index (χ0v) is 11.9. The molecule has 4 heteroatoms. The van der Waals surface area contributed by atoms with E-state index in [1.165, 1.54) is 6.07 Å². The van der Waals surface area contributed by atoms with Crippen LogP contribution >= 0.6 is 11.6 Å². The van der Waals surface area contributed by atoms with Crippen LogP contribution < -0.4 is 5.32 Å². The van der Waals surface area contributed by atoms with Crippen molar-refractivity contribution in [2.75, 3.05) is 5.32 Å². The summed E-state index contributed by atoms with van der Waals surface area (Å²) in [4.78, 5) is 11.3. The minimum Gasteiger partial charge on any atom is -0.478 e. The molecule has 1 atom stereocenters. The van der Waals surface area contributed by atoms with Crippen LogP contribution in [0.25, 0.3) is 0 Å². The van der Waals surface area contributed by atoms with E-state index >= 15 is 0 Å². The van der Waals surface area contributed by atoms with Gasteiger partial charge in [0.25, 0.3) is 0 Å². The fraction of sp³-hybridized carbons (Fsp3) is 0.188. The summed E-state index contributed by atoms with van der Waals surface area (Å²) in [5, 5.41) is 13.0. The van der Waals surface area contributed by atoms with Gasteiger partial charge in [-0.3, -0.25) is 0 Å². The molecule has 0 heterocycles. The largest absolute Gasteiger partial charge is 0.478 e. The molecule has 2 aromatic rings. The highest BCUT2D eigenvalue weighted by Crippen LogP contribution is 2.27. The molecule has 104 valence electrons. The molecule has 0 aromatic heterocycles. The number of carboxylic acid groups (broad SMARTS) is 1. The van der Waals surface area contributed by atoms with E-state index in [1.54, 1.807) is 12.1 Å². The van der Waals surface area contributed by atoms with Gasteiger partial charge in [0, 0.05) is 5.02 Å². The topological polar surface area (TPSA) is 49.3 Å². The Bertz CT molecular complexity index is 599. The predicted octanol–water partition coefficient (Wildman–Crippen LogP) is 4.60. The summed E-state index contributed by atoms with van der Waals surface area (Å²) in [5.41, 5.74) is 1.88. The van der Waals surface area contributed by atoms with Crippen molar-refractivity contribution in [2.24, 2.45) is 0 Å². The lowest BCUT2D eigenvalue weighted by Gasteiger charge is -2.20. The van der Waals surface area contributed by atoms with Crippen molar-refractivity contribution in [3.05, 3.63) is 64.7 Å². The Morgan fingerprint density at radius 1 is 1.25 bits per heavy atom. The van der Waals surface area contributed by atoms with Crippen molar-refractivity contribution in [2.45, 2.75) is 19.4 Å². The molecule has 20 heavy (non-hydrogen) atoms. The molecule has 3 nitrogen and oxygen atoms in total. The minimum atomic E-state index is -0.966. The second kappa shape index (κ2) is 6.44. The van der Waals surface area contributed by atoms with E-state index in [9.17, 15) is 9.90 Å². The van der Waals surface area contributed by atoms with Crippen LogP contribution in [0, 0.1) is 0 Å². The van der Waals surface area contributed by atoms with E-state index in [4.69, 9.17) is 11.6 Å². The summed E-state index contributed by atoms with van der Waals surface area (Å²) in [5.74, 6) is -0.966. The Morgan fingerprint density at radius 3 is 2.55 bits per heavy atom. The number of hydrogen-bond acceptors (Lipinski definition) is 2. The molecule has 0 aliphatic heterocycles. The van der Waals surface area contributed by atoms with E-state index in [0.29, 0.717) is 10.7 Å². The molecule has 0 spiro atoms. The Kier molecular flexibility index (Phi) is 4.64. The summed E-state index contributed by atoms with van der Waals surface area (Å²) in [7, 11) is 0. The summed E-state index contributed by atoms with van der Waals surface area (Å²) < 4.78 is 0. The molecule has 0 bridgehead atoms.